The van der Waals surface area contributed by atoms with E-state index in [1.807, 2.05) is 37.3 Å². The molecule has 1 aliphatic heterocycles. The second-order valence-electron chi connectivity index (χ2n) is 6.46. The van der Waals surface area contributed by atoms with E-state index >= 15 is 0 Å². The third-order valence-electron chi connectivity index (χ3n) is 4.72. The Morgan fingerprint density at radius 3 is 2.59 bits per heavy atom. The zero-order valence-corrected chi connectivity index (χ0v) is 14.6. The molecule has 2 heterocycles. The van der Waals surface area contributed by atoms with Crippen molar-refractivity contribution in [2.45, 2.75) is 12.8 Å². The Bertz CT molecular complexity index is 1070. The lowest BCUT2D eigenvalue weighted by atomic mass is 9.90. The van der Waals surface area contributed by atoms with Crippen molar-refractivity contribution in [3.8, 4) is 0 Å². The summed E-state index contributed by atoms with van der Waals surface area (Å²) in [6.45, 7) is 1.94. The van der Waals surface area contributed by atoms with Crippen LogP contribution in [0.5, 0.6) is 0 Å². The third-order valence-corrected chi connectivity index (χ3v) is 4.72. The minimum atomic E-state index is -0.969. The van der Waals surface area contributed by atoms with Crippen molar-refractivity contribution >= 4 is 34.6 Å². The highest BCUT2D eigenvalue weighted by molar-refractivity contribution is 6.29. The van der Waals surface area contributed by atoms with Gasteiger partial charge in [0.15, 0.2) is 0 Å². The Labute approximate surface area is 155 Å². The number of carboxylic acids is 1. The van der Waals surface area contributed by atoms with Crippen molar-refractivity contribution in [1.29, 1.82) is 0 Å². The molecular formula is C21H17N3O3. The predicted molar refractivity (Wildman–Crippen MR) is 104 cm³/mol. The fourth-order valence-electron chi connectivity index (χ4n) is 3.22. The van der Waals surface area contributed by atoms with Crippen molar-refractivity contribution in [2.75, 3.05) is 0 Å². The average Bonchev–Trinajstić information content (AvgIpc) is 3.25. The molecule has 1 amide bonds. The molecule has 27 heavy (non-hydrogen) atoms. The van der Waals surface area contributed by atoms with Crippen LogP contribution < -0.4 is 5.43 Å². The number of nitrogens with zero attached hydrogens (tertiary/aromatic N) is 1. The molecule has 0 fully saturated rings. The first-order valence-electron chi connectivity index (χ1n) is 8.54. The molecule has 1 unspecified atom stereocenters. The molecule has 3 aromatic rings. The van der Waals surface area contributed by atoms with Gasteiger partial charge in [0, 0.05) is 17.1 Å². The van der Waals surface area contributed by atoms with Crippen LogP contribution in [0.4, 0.5) is 0 Å². The first-order chi connectivity index (χ1) is 13.0. The molecule has 1 aliphatic rings. The molecule has 0 saturated carbocycles. The van der Waals surface area contributed by atoms with Crippen molar-refractivity contribution in [1.82, 2.24) is 10.4 Å². The number of carbonyl (C=O) groups excluding carboxylic acids is 1. The third kappa shape index (κ3) is 3.13. The number of H-pyrrole nitrogens is 1. The van der Waals surface area contributed by atoms with Crippen LogP contribution in [0.25, 0.3) is 17.0 Å². The van der Waals surface area contributed by atoms with Crippen LogP contribution >= 0.6 is 0 Å². The van der Waals surface area contributed by atoms with Crippen molar-refractivity contribution in [3.63, 3.8) is 0 Å². The van der Waals surface area contributed by atoms with E-state index in [9.17, 15) is 9.59 Å². The standard InChI is InChI=1S/C21H17N3O3/c1-12(13-6-8-14(9-7-13)21(26)27)19-17(20(25)24-23-19)11-16-10-15-4-2-3-5-18(15)22-16/h2-12,22H,1H3,(H,24,25)(H,26,27)/b17-11+. The van der Waals surface area contributed by atoms with Crippen LogP contribution in [0.2, 0.25) is 0 Å². The van der Waals surface area contributed by atoms with Gasteiger partial charge in [0.25, 0.3) is 5.91 Å². The minimum Gasteiger partial charge on any atom is -0.478 e. The Kier molecular flexibility index (Phi) is 4.08. The zero-order chi connectivity index (χ0) is 19.0. The van der Waals surface area contributed by atoms with Crippen LogP contribution in [0, 0.1) is 0 Å². The molecule has 6 heteroatoms. The Morgan fingerprint density at radius 1 is 1.15 bits per heavy atom. The van der Waals surface area contributed by atoms with Gasteiger partial charge in [-0.2, -0.15) is 5.10 Å². The second-order valence-corrected chi connectivity index (χ2v) is 6.46. The van der Waals surface area contributed by atoms with Crippen molar-refractivity contribution in [2.24, 2.45) is 5.10 Å². The van der Waals surface area contributed by atoms with Gasteiger partial charge in [-0.1, -0.05) is 37.3 Å². The summed E-state index contributed by atoms with van der Waals surface area (Å²) in [6.07, 6.45) is 1.79. The summed E-state index contributed by atoms with van der Waals surface area (Å²) >= 11 is 0. The number of aromatic amines is 1. The van der Waals surface area contributed by atoms with E-state index in [-0.39, 0.29) is 17.4 Å². The lowest BCUT2D eigenvalue weighted by Crippen LogP contribution is -2.16. The highest BCUT2D eigenvalue weighted by Crippen LogP contribution is 2.26. The highest BCUT2D eigenvalue weighted by Gasteiger charge is 2.28. The topological polar surface area (TPSA) is 94.5 Å². The maximum absolute atomic E-state index is 12.3. The molecule has 1 atom stereocenters. The first-order valence-corrected chi connectivity index (χ1v) is 8.54. The Morgan fingerprint density at radius 2 is 1.89 bits per heavy atom. The number of rotatable bonds is 4. The van der Waals surface area contributed by atoms with Gasteiger partial charge in [-0.15, -0.1) is 0 Å². The van der Waals surface area contributed by atoms with E-state index in [0.717, 1.165) is 22.2 Å². The molecule has 6 nitrogen and oxygen atoms in total. The molecule has 0 aliphatic carbocycles. The number of carboxylic acid groups (broad SMARTS) is 1. The molecule has 3 N–H and O–H groups in total. The van der Waals surface area contributed by atoms with Crippen LogP contribution in [0.3, 0.4) is 0 Å². The maximum Gasteiger partial charge on any atom is 0.335 e. The van der Waals surface area contributed by atoms with Gasteiger partial charge in [0.1, 0.15) is 0 Å². The monoisotopic (exact) mass is 359 g/mol. The Balaban J connectivity index is 1.67. The number of hydrogen-bond acceptors (Lipinski definition) is 3. The summed E-state index contributed by atoms with van der Waals surface area (Å²) in [6, 6.07) is 16.5. The summed E-state index contributed by atoms with van der Waals surface area (Å²) in [5.74, 6) is -1.39. The molecule has 0 bridgehead atoms. The smallest absolute Gasteiger partial charge is 0.335 e. The van der Waals surface area contributed by atoms with Gasteiger partial charge in [0.2, 0.25) is 0 Å². The number of fused-ring (bicyclic) bond motifs is 1. The maximum atomic E-state index is 12.3. The summed E-state index contributed by atoms with van der Waals surface area (Å²) in [7, 11) is 0. The second kappa shape index (κ2) is 6.57. The number of nitrogens with one attached hydrogen (secondary N) is 2. The number of aromatic carboxylic acids is 1. The Hall–Kier alpha value is -3.67. The summed E-state index contributed by atoms with van der Waals surface area (Å²) < 4.78 is 0. The first kappa shape index (κ1) is 16.8. The van der Waals surface area contributed by atoms with E-state index < -0.39 is 5.97 Å². The van der Waals surface area contributed by atoms with Crippen LogP contribution in [0.15, 0.2) is 65.3 Å². The zero-order valence-electron chi connectivity index (χ0n) is 14.6. The van der Waals surface area contributed by atoms with Crippen LogP contribution in [-0.2, 0) is 4.79 Å². The van der Waals surface area contributed by atoms with Gasteiger partial charge in [-0.25, -0.2) is 10.2 Å². The van der Waals surface area contributed by atoms with Crippen molar-refractivity contribution in [3.05, 3.63) is 77.0 Å². The quantitative estimate of drug-likeness (QED) is 0.622. The van der Waals surface area contributed by atoms with Gasteiger partial charge >= 0.3 is 5.97 Å². The average molecular weight is 359 g/mol. The van der Waals surface area contributed by atoms with E-state index in [2.05, 4.69) is 15.5 Å². The number of amides is 1. The summed E-state index contributed by atoms with van der Waals surface area (Å²) in [5.41, 5.74) is 6.58. The fourth-order valence-corrected chi connectivity index (χ4v) is 3.22. The van der Waals surface area contributed by atoms with E-state index in [1.165, 1.54) is 0 Å². The van der Waals surface area contributed by atoms with Gasteiger partial charge < -0.3 is 10.1 Å². The molecule has 1 aromatic heterocycles. The lowest BCUT2D eigenvalue weighted by Gasteiger charge is -2.12. The largest absolute Gasteiger partial charge is 0.478 e. The number of para-hydroxylation sites is 1. The SMILES string of the molecule is CC(C1=NNC(=O)/C1=C/c1cc2ccccc2[nH]1)c1ccc(C(=O)O)cc1. The number of hydrogen-bond donors (Lipinski definition) is 3. The molecule has 0 spiro atoms. The fraction of sp³-hybridized carbons (Fsp3) is 0.0952. The van der Waals surface area contributed by atoms with Gasteiger partial charge in [-0.05, 0) is 41.3 Å². The number of hydrazone groups is 1. The van der Waals surface area contributed by atoms with Crippen molar-refractivity contribution < 1.29 is 14.7 Å². The van der Waals surface area contributed by atoms with Crippen LogP contribution in [0.1, 0.15) is 34.5 Å². The summed E-state index contributed by atoms with van der Waals surface area (Å²) in [4.78, 5) is 26.6. The molecule has 134 valence electrons. The minimum absolute atomic E-state index is 0.164. The van der Waals surface area contributed by atoms with Gasteiger partial charge in [-0.3, -0.25) is 4.79 Å². The molecule has 2 aromatic carbocycles. The molecular weight excluding hydrogens is 342 g/mol. The summed E-state index contributed by atoms with van der Waals surface area (Å²) in [5, 5.41) is 14.3. The number of benzene rings is 2. The molecule has 4 rings (SSSR count). The van der Waals surface area contributed by atoms with Gasteiger partial charge in [0.05, 0.1) is 16.8 Å². The highest BCUT2D eigenvalue weighted by atomic mass is 16.4. The molecule has 0 saturated heterocycles. The molecule has 0 radical (unpaired) electrons. The normalized spacial score (nSPS) is 16.4. The van der Waals surface area contributed by atoms with Crippen LogP contribution in [-0.4, -0.2) is 27.7 Å². The van der Waals surface area contributed by atoms with E-state index in [4.69, 9.17) is 5.11 Å². The lowest BCUT2D eigenvalue weighted by molar-refractivity contribution is -0.116. The number of carbonyl (C=O) groups is 2. The van der Waals surface area contributed by atoms with E-state index in [0.29, 0.717) is 11.3 Å². The van der Waals surface area contributed by atoms with E-state index in [1.54, 1.807) is 30.3 Å². The predicted octanol–water partition coefficient (Wildman–Crippen LogP) is 3.54. The number of aromatic nitrogens is 1.